The van der Waals surface area contributed by atoms with Crippen molar-refractivity contribution in [1.29, 1.82) is 0 Å². The summed E-state index contributed by atoms with van der Waals surface area (Å²) in [7, 11) is 1.04. The lowest BCUT2D eigenvalue weighted by Gasteiger charge is -2.01. The van der Waals surface area contributed by atoms with Crippen LogP contribution in [-0.4, -0.2) is 9.78 Å². The number of nitrogens with zero attached hydrogens (tertiary/aromatic N) is 2. The molecular weight excluding hydrogens is 178 g/mol. The van der Waals surface area contributed by atoms with Crippen LogP contribution < -0.4 is 5.73 Å². The van der Waals surface area contributed by atoms with E-state index in [4.69, 9.17) is 5.73 Å². The van der Waals surface area contributed by atoms with E-state index >= 15 is 0 Å². The second-order valence-electron chi connectivity index (χ2n) is 2.17. The van der Waals surface area contributed by atoms with Crippen molar-refractivity contribution in [2.75, 3.05) is 5.73 Å². The normalized spacial score (nSPS) is 12.1. The molecule has 0 unspecified atom stereocenters. The van der Waals surface area contributed by atoms with Gasteiger partial charge in [-0.25, -0.2) is 4.68 Å². The van der Waals surface area contributed by atoms with Crippen molar-refractivity contribution < 1.29 is 17.6 Å². The summed E-state index contributed by atoms with van der Waals surface area (Å²) in [6, 6.07) is 0. The van der Waals surface area contributed by atoms with Crippen LogP contribution in [-0.2, 0) is 13.2 Å². The summed E-state index contributed by atoms with van der Waals surface area (Å²) < 4.78 is 48.8. The van der Waals surface area contributed by atoms with Gasteiger partial charge in [0, 0.05) is 7.05 Å². The Labute approximate surface area is 64.8 Å². The number of nitrogen functional groups attached to an aromatic ring is 1. The molecule has 0 aromatic carbocycles. The molecule has 3 nitrogen and oxygen atoms in total. The zero-order chi connectivity index (χ0) is 9.52. The molecule has 0 amide bonds. The molecule has 1 aromatic rings. The molecule has 68 valence electrons. The fraction of sp³-hybridized carbons (Fsp3) is 0.400. The molecule has 0 atom stereocenters. The highest BCUT2D eigenvalue weighted by Gasteiger charge is 2.38. The van der Waals surface area contributed by atoms with Crippen molar-refractivity contribution >= 4 is 5.69 Å². The molecule has 0 saturated heterocycles. The van der Waals surface area contributed by atoms with Crippen LogP contribution in [0.3, 0.4) is 0 Å². The molecule has 7 heteroatoms. The van der Waals surface area contributed by atoms with E-state index in [-0.39, 0.29) is 0 Å². The first-order valence-corrected chi connectivity index (χ1v) is 2.89. The van der Waals surface area contributed by atoms with Crippen LogP contribution in [0.2, 0.25) is 0 Å². The average molecular weight is 183 g/mol. The zero-order valence-electron chi connectivity index (χ0n) is 5.98. The predicted molar refractivity (Wildman–Crippen MR) is 32.6 cm³/mol. The first kappa shape index (κ1) is 8.82. The molecule has 0 fully saturated rings. The molecule has 1 heterocycles. The minimum absolute atomic E-state index is 0.443. The standard InChI is InChI=1S/C5H5F4N3/c1-12-4(6)2(10)3(11-12)5(7,8)9/h10H2,1H3. The van der Waals surface area contributed by atoms with Gasteiger partial charge in [0.05, 0.1) is 0 Å². The summed E-state index contributed by atoms with van der Waals surface area (Å²) in [5.74, 6) is -1.18. The lowest BCUT2D eigenvalue weighted by Crippen LogP contribution is -2.09. The van der Waals surface area contributed by atoms with Gasteiger partial charge in [-0.15, -0.1) is 0 Å². The van der Waals surface area contributed by atoms with E-state index in [9.17, 15) is 17.6 Å². The highest BCUT2D eigenvalue weighted by atomic mass is 19.4. The van der Waals surface area contributed by atoms with E-state index in [0.29, 0.717) is 4.68 Å². The van der Waals surface area contributed by atoms with Crippen molar-refractivity contribution in [3.05, 3.63) is 11.6 Å². The van der Waals surface area contributed by atoms with Gasteiger partial charge in [-0.3, -0.25) is 0 Å². The Balaban J connectivity index is 3.28. The molecule has 0 aliphatic rings. The average Bonchev–Trinajstić information content (AvgIpc) is 2.15. The second-order valence-corrected chi connectivity index (χ2v) is 2.17. The van der Waals surface area contributed by atoms with Crippen LogP contribution >= 0.6 is 0 Å². The fourth-order valence-electron chi connectivity index (χ4n) is 0.729. The maximum Gasteiger partial charge on any atom is 0.437 e. The Morgan fingerprint density at radius 2 is 1.92 bits per heavy atom. The Morgan fingerprint density at radius 1 is 1.42 bits per heavy atom. The lowest BCUT2D eigenvalue weighted by molar-refractivity contribution is -0.140. The van der Waals surface area contributed by atoms with Crippen LogP contribution in [0.5, 0.6) is 0 Å². The molecule has 12 heavy (non-hydrogen) atoms. The predicted octanol–water partition coefficient (Wildman–Crippen LogP) is 1.16. The summed E-state index contributed by atoms with van der Waals surface area (Å²) in [6.45, 7) is 0. The van der Waals surface area contributed by atoms with E-state index < -0.39 is 23.5 Å². The van der Waals surface area contributed by atoms with Crippen LogP contribution in [0, 0.1) is 5.95 Å². The Morgan fingerprint density at radius 3 is 2.08 bits per heavy atom. The van der Waals surface area contributed by atoms with Gasteiger partial charge in [0.25, 0.3) is 0 Å². The van der Waals surface area contributed by atoms with Crippen molar-refractivity contribution in [1.82, 2.24) is 9.78 Å². The Hall–Kier alpha value is -1.27. The first-order chi connectivity index (χ1) is 5.34. The third-order valence-electron chi connectivity index (χ3n) is 1.28. The number of anilines is 1. The summed E-state index contributed by atoms with van der Waals surface area (Å²) in [5, 5.41) is 2.87. The van der Waals surface area contributed by atoms with Crippen LogP contribution in [0.4, 0.5) is 23.2 Å². The summed E-state index contributed by atoms with van der Waals surface area (Å²) in [4.78, 5) is 0. The molecular formula is C5H5F4N3. The smallest absolute Gasteiger partial charge is 0.393 e. The molecule has 0 aliphatic carbocycles. The van der Waals surface area contributed by atoms with Crippen LogP contribution in [0.25, 0.3) is 0 Å². The number of hydrogen-bond donors (Lipinski definition) is 1. The third kappa shape index (κ3) is 1.21. The van der Waals surface area contributed by atoms with Crippen molar-refractivity contribution in [3.63, 3.8) is 0 Å². The van der Waals surface area contributed by atoms with Gasteiger partial charge in [-0.2, -0.15) is 22.7 Å². The third-order valence-corrected chi connectivity index (χ3v) is 1.28. The zero-order valence-corrected chi connectivity index (χ0v) is 5.98. The number of halogens is 4. The van der Waals surface area contributed by atoms with E-state index in [1.165, 1.54) is 0 Å². The van der Waals surface area contributed by atoms with Gasteiger partial charge < -0.3 is 5.73 Å². The summed E-state index contributed by atoms with van der Waals surface area (Å²) >= 11 is 0. The number of hydrogen-bond acceptors (Lipinski definition) is 2. The largest absolute Gasteiger partial charge is 0.437 e. The molecule has 0 aliphatic heterocycles. The van der Waals surface area contributed by atoms with Crippen molar-refractivity contribution in [2.24, 2.45) is 7.05 Å². The van der Waals surface area contributed by atoms with Gasteiger partial charge in [-0.05, 0) is 0 Å². The Kier molecular flexibility index (Phi) is 1.73. The maximum absolute atomic E-state index is 12.6. The Bertz CT molecular complexity index is 300. The number of rotatable bonds is 0. The quantitative estimate of drug-likeness (QED) is 0.613. The minimum Gasteiger partial charge on any atom is -0.393 e. The molecule has 0 saturated carbocycles. The number of aryl methyl sites for hydroxylation is 1. The molecule has 0 spiro atoms. The van der Waals surface area contributed by atoms with Crippen molar-refractivity contribution in [3.8, 4) is 0 Å². The van der Waals surface area contributed by atoms with Gasteiger partial charge in [-0.1, -0.05) is 0 Å². The number of aromatic nitrogens is 2. The van der Waals surface area contributed by atoms with Crippen LogP contribution in [0.1, 0.15) is 5.69 Å². The summed E-state index contributed by atoms with van der Waals surface area (Å²) in [5.41, 5.74) is 2.46. The molecule has 0 bridgehead atoms. The maximum atomic E-state index is 12.6. The van der Waals surface area contributed by atoms with E-state index in [0.717, 1.165) is 7.05 Å². The monoisotopic (exact) mass is 183 g/mol. The van der Waals surface area contributed by atoms with E-state index in [1.807, 2.05) is 0 Å². The molecule has 0 radical (unpaired) electrons. The van der Waals surface area contributed by atoms with E-state index in [2.05, 4.69) is 5.10 Å². The van der Waals surface area contributed by atoms with Crippen LogP contribution in [0.15, 0.2) is 0 Å². The number of alkyl halides is 3. The topological polar surface area (TPSA) is 43.8 Å². The highest BCUT2D eigenvalue weighted by molar-refractivity contribution is 5.43. The van der Waals surface area contributed by atoms with Crippen molar-refractivity contribution in [2.45, 2.75) is 6.18 Å². The fourth-order valence-corrected chi connectivity index (χ4v) is 0.729. The van der Waals surface area contributed by atoms with Gasteiger partial charge in [0.2, 0.25) is 5.95 Å². The summed E-state index contributed by atoms with van der Waals surface area (Å²) in [6.07, 6.45) is -4.70. The van der Waals surface area contributed by atoms with Gasteiger partial charge >= 0.3 is 6.18 Å². The molecule has 1 aromatic heterocycles. The highest BCUT2D eigenvalue weighted by Crippen LogP contribution is 2.33. The van der Waals surface area contributed by atoms with Gasteiger partial charge in [0.15, 0.2) is 5.69 Å². The molecule has 2 N–H and O–H groups in total. The number of nitrogens with two attached hydrogens (primary N) is 1. The lowest BCUT2D eigenvalue weighted by atomic mass is 10.4. The minimum atomic E-state index is -4.70. The van der Waals surface area contributed by atoms with Gasteiger partial charge in [0.1, 0.15) is 5.69 Å². The van der Waals surface area contributed by atoms with E-state index in [1.54, 1.807) is 0 Å². The first-order valence-electron chi connectivity index (χ1n) is 2.89. The molecule has 1 rings (SSSR count). The second kappa shape index (κ2) is 2.36. The SMILES string of the molecule is Cn1nc(C(F)(F)F)c(N)c1F.